The minimum Gasteiger partial charge on any atom is -0.481 e. The van der Waals surface area contributed by atoms with Gasteiger partial charge in [-0.25, -0.2) is 0 Å². The molecule has 0 heterocycles. The number of halogens is 1. The fraction of sp³-hybridized carbons (Fsp3) is 0.429. The number of carbonyl (C=O) groups is 2. The number of hydrogen-bond acceptors (Lipinski definition) is 3. The molecule has 20 heavy (non-hydrogen) atoms. The van der Waals surface area contributed by atoms with E-state index in [4.69, 9.17) is 5.11 Å². The zero-order valence-corrected chi connectivity index (χ0v) is 13.7. The zero-order chi connectivity index (χ0) is 15.0. The van der Waals surface area contributed by atoms with Crippen LogP contribution in [0.4, 0.5) is 0 Å². The van der Waals surface area contributed by atoms with Crippen LogP contribution in [0.25, 0.3) is 0 Å². The summed E-state index contributed by atoms with van der Waals surface area (Å²) in [6.45, 7) is 2.39. The summed E-state index contributed by atoms with van der Waals surface area (Å²) >= 11 is 4.87. The third-order valence-electron chi connectivity index (χ3n) is 2.61. The van der Waals surface area contributed by atoms with Crippen molar-refractivity contribution in [2.75, 3.05) is 6.54 Å². The Morgan fingerprint density at radius 2 is 1.95 bits per heavy atom. The number of rotatable bonds is 8. The van der Waals surface area contributed by atoms with Crippen LogP contribution in [0, 0.1) is 0 Å². The number of carbonyl (C=O) groups excluding carboxylic acids is 1. The molecule has 0 saturated carbocycles. The van der Waals surface area contributed by atoms with Gasteiger partial charge in [-0.05, 0) is 44.0 Å². The second kappa shape index (κ2) is 9.02. The maximum atomic E-state index is 11.9. The molecule has 0 bridgehead atoms. The Labute approximate surface area is 131 Å². The smallest absolute Gasteiger partial charge is 0.303 e. The first kappa shape index (κ1) is 17.0. The summed E-state index contributed by atoms with van der Waals surface area (Å²) in [6.07, 6.45) is 1.43. The van der Waals surface area contributed by atoms with E-state index in [1.807, 2.05) is 31.2 Å². The molecule has 0 aromatic heterocycles. The molecule has 0 fully saturated rings. The van der Waals surface area contributed by atoms with Gasteiger partial charge < -0.3 is 10.4 Å². The topological polar surface area (TPSA) is 66.4 Å². The quantitative estimate of drug-likeness (QED) is 0.552. The first-order valence-electron chi connectivity index (χ1n) is 6.41. The Morgan fingerprint density at radius 1 is 1.30 bits per heavy atom. The molecule has 0 aliphatic carbocycles. The number of hydrogen-bond donors (Lipinski definition) is 2. The van der Waals surface area contributed by atoms with Gasteiger partial charge in [0.15, 0.2) is 0 Å². The number of benzene rings is 1. The maximum Gasteiger partial charge on any atom is 0.303 e. The number of unbranched alkanes of at least 4 members (excludes halogenated alkanes) is 1. The van der Waals surface area contributed by atoms with Crippen molar-refractivity contribution in [1.82, 2.24) is 5.32 Å². The van der Waals surface area contributed by atoms with Crippen LogP contribution in [0.1, 0.15) is 26.2 Å². The molecule has 0 aliphatic rings. The SMILES string of the molecule is CC(Sc1ccc(Br)cc1)C(=O)NCCCCC(=O)O. The van der Waals surface area contributed by atoms with Crippen LogP contribution >= 0.6 is 27.7 Å². The summed E-state index contributed by atoms with van der Waals surface area (Å²) in [5.74, 6) is -0.816. The lowest BCUT2D eigenvalue weighted by atomic mass is 10.2. The molecule has 0 radical (unpaired) electrons. The third-order valence-corrected chi connectivity index (χ3v) is 4.25. The van der Waals surface area contributed by atoms with E-state index >= 15 is 0 Å². The van der Waals surface area contributed by atoms with Gasteiger partial charge in [0.1, 0.15) is 0 Å². The van der Waals surface area contributed by atoms with Gasteiger partial charge in [-0.3, -0.25) is 9.59 Å². The van der Waals surface area contributed by atoms with Crippen LogP contribution < -0.4 is 5.32 Å². The number of thioether (sulfide) groups is 1. The van der Waals surface area contributed by atoms with E-state index < -0.39 is 5.97 Å². The van der Waals surface area contributed by atoms with Crippen molar-refractivity contribution >= 4 is 39.6 Å². The summed E-state index contributed by atoms with van der Waals surface area (Å²) in [5.41, 5.74) is 0. The normalized spacial score (nSPS) is 11.9. The molecule has 6 heteroatoms. The van der Waals surface area contributed by atoms with Crippen LogP contribution in [0.3, 0.4) is 0 Å². The van der Waals surface area contributed by atoms with E-state index in [0.29, 0.717) is 19.4 Å². The Bertz CT molecular complexity index is 450. The Balaban J connectivity index is 2.25. The maximum absolute atomic E-state index is 11.9. The van der Waals surface area contributed by atoms with E-state index in [1.54, 1.807) is 0 Å². The molecule has 1 aromatic carbocycles. The fourth-order valence-electron chi connectivity index (χ4n) is 1.53. The van der Waals surface area contributed by atoms with Gasteiger partial charge in [0, 0.05) is 22.3 Å². The molecular formula is C14H18BrNO3S. The predicted octanol–water partition coefficient (Wildman–Crippen LogP) is 3.30. The van der Waals surface area contributed by atoms with Gasteiger partial charge >= 0.3 is 5.97 Å². The van der Waals surface area contributed by atoms with E-state index in [-0.39, 0.29) is 17.6 Å². The standard InChI is InChI=1S/C14H18BrNO3S/c1-10(20-12-7-5-11(15)6-8-12)14(19)16-9-3-2-4-13(17)18/h5-8,10H,2-4,9H2,1H3,(H,16,19)(H,17,18). The molecular weight excluding hydrogens is 342 g/mol. The number of nitrogens with one attached hydrogen (secondary N) is 1. The minimum absolute atomic E-state index is 0.0201. The first-order valence-corrected chi connectivity index (χ1v) is 8.08. The van der Waals surface area contributed by atoms with Crippen molar-refractivity contribution in [3.63, 3.8) is 0 Å². The third kappa shape index (κ3) is 6.96. The van der Waals surface area contributed by atoms with E-state index in [9.17, 15) is 9.59 Å². The Hall–Kier alpha value is -1.01. The lowest BCUT2D eigenvalue weighted by Crippen LogP contribution is -2.31. The summed E-state index contributed by atoms with van der Waals surface area (Å²) in [6, 6.07) is 7.81. The van der Waals surface area contributed by atoms with E-state index in [0.717, 1.165) is 9.37 Å². The largest absolute Gasteiger partial charge is 0.481 e. The average molecular weight is 360 g/mol. The van der Waals surface area contributed by atoms with Crippen molar-refractivity contribution in [3.05, 3.63) is 28.7 Å². The molecule has 1 atom stereocenters. The monoisotopic (exact) mass is 359 g/mol. The Kier molecular flexibility index (Phi) is 7.69. The molecule has 2 N–H and O–H groups in total. The molecule has 1 unspecified atom stereocenters. The van der Waals surface area contributed by atoms with Crippen molar-refractivity contribution in [2.45, 2.75) is 36.3 Å². The molecule has 1 amide bonds. The average Bonchev–Trinajstić information content (AvgIpc) is 2.40. The van der Waals surface area contributed by atoms with Crippen LogP contribution in [0.5, 0.6) is 0 Å². The van der Waals surface area contributed by atoms with Crippen molar-refractivity contribution in [1.29, 1.82) is 0 Å². The molecule has 0 spiro atoms. The molecule has 4 nitrogen and oxygen atoms in total. The predicted molar refractivity (Wildman–Crippen MR) is 84.0 cm³/mol. The fourth-order valence-corrected chi connectivity index (χ4v) is 2.68. The van der Waals surface area contributed by atoms with Gasteiger partial charge in [0.25, 0.3) is 0 Å². The summed E-state index contributed by atoms with van der Waals surface area (Å²) in [4.78, 5) is 23.2. The highest BCUT2D eigenvalue weighted by Crippen LogP contribution is 2.24. The summed E-state index contributed by atoms with van der Waals surface area (Å²) < 4.78 is 1.01. The first-order chi connectivity index (χ1) is 9.49. The van der Waals surface area contributed by atoms with Gasteiger partial charge in [-0.15, -0.1) is 11.8 Å². The zero-order valence-electron chi connectivity index (χ0n) is 11.3. The number of aliphatic carboxylic acids is 1. The van der Waals surface area contributed by atoms with Crippen molar-refractivity contribution < 1.29 is 14.7 Å². The van der Waals surface area contributed by atoms with Crippen LogP contribution in [0.2, 0.25) is 0 Å². The Morgan fingerprint density at radius 3 is 2.55 bits per heavy atom. The van der Waals surface area contributed by atoms with Crippen LogP contribution in [-0.2, 0) is 9.59 Å². The second-order valence-electron chi connectivity index (χ2n) is 4.36. The lowest BCUT2D eigenvalue weighted by molar-refractivity contribution is -0.137. The lowest BCUT2D eigenvalue weighted by Gasteiger charge is -2.11. The number of amides is 1. The molecule has 1 aromatic rings. The molecule has 110 valence electrons. The molecule has 0 aliphatic heterocycles. The van der Waals surface area contributed by atoms with Crippen molar-refractivity contribution in [3.8, 4) is 0 Å². The highest BCUT2D eigenvalue weighted by molar-refractivity contribution is 9.10. The molecule has 1 rings (SSSR count). The number of carboxylic acids is 1. The van der Waals surface area contributed by atoms with Gasteiger partial charge in [-0.2, -0.15) is 0 Å². The van der Waals surface area contributed by atoms with Gasteiger partial charge in [0.05, 0.1) is 5.25 Å². The summed E-state index contributed by atoms with van der Waals surface area (Å²) in [5, 5.41) is 11.2. The second-order valence-corrected chi connectivity index (χ2v) is 6.69. The van der Waals surface area contributed by atoms with Gasteiger partial charge in [-0.1, -0.05) is 15.9 Å². The summed E-state index contributed by atoms with van der Waals surface area (Å²) in [7, 11) is 0. The van der Waals surface area contributed by atoms with Gasteiger partial charge in [0.2, 0.25) is 5.91 Å². The molecule has 0 saturated heterocycles. The van der Waals surface area contributed by atoms with Crippen LogP contribution in [0.15, 0.2) is 33.6 Å². The van der Waals surface area contributed by atoms with E-state index in [2.05, 4.69) is 21.2 Å². The minimum atomic E-state index is -0.796. The highest BCUT2D eigenvalue weighted by Gasteiger charge is 2.13. The number of carboxylic acid groups (broad SMARTS) is 1. The van der Waals surface area contributed by atoms with E-state index in [1.165, 1.54) is 11.8 Å². The highest BCUT2D eigenvalue weighted by atomic mass is 79.9. The van der Waals surface area contributed by atoms with Crippen LogP contribution in [-0.4, -0.2) is 28.8 Å². The van der Waals surface area contributed by atoms with Crippen molar-refractivity contribution in [2.24, 2.45) is 0 Å².